The van der Waals surface area contributed by atoms with Crippen LogP contribution in [0.3, 0.4) is 0 Å². The van der Waals surface area contributed by atoms with Gasteiger partial charge in [-0.2, -0.15) is 0 Å². The number of fused-ring (bicyclic) bond motifs is 5. The SMILES string of the molecule is c1ccc(-c2ccc(N(c3ccc(-c4ccccc4)cc3)c3ccc(-c4ccc5c(c4)N(c4ccccc4)c4ccccc4N5c4ccc(-c5cccc6c5oc5ccccc56)cc4)cc3)cc2)cc1. The molecule has 0 saturated carbocycles. The lowest BCUT2D eigenvalue weighted by Gasteiger charge is -2.40. The summed E-state index contributed by atoms with van der Waals surface area (Å²) in [7, 11) is 0. The molecule has 0 amide bonds. The molecule has 70 heavy (non-hydrogen) atoms. The first-order chi connectivity index (χ1) is 34.7. The van der Waals surface area contributed by atoms with E-state index in [0.717, 1.165) is 95.4 Å². The molecule has 4 heteroatoms. The van der Waals surface area contributed by atoms with Gasteiger partial charge in [0.15, 0.2) is 0 Å². The summed E-state index contributed by atoms with van der Waals surface area (Å²) in [6.07, 6.45) is 0. The topological polar surface area (TPSA) is 22.9 Å². The molecule has 13 rings (SSSR count). The third-order valence-corrected chi connectivity index (χ3v) is 13.6. The molecule has 330 valence electrons. The van der Waals surface area contributed by atoms with E-state index in [9.17, 15) is 0 Å². The van der Waals surface area contributed by atoms with Gasteiger partial charge in [-0.05, 0) is 130 Å². The Hall–Kier alpha value is -9.38. The molecule has 11 aromatic carbocycles. The normalized spacial score (nSPS) is 11.9. The number of nitrogens with zero attached hydrogens (tertiary/aromatic N) is 3. The Balaban J connectivity index is 0.882. The van der Waals surface area contributed by atoms with Gasteiger partial charge in [0.2, 0.25) is 0 Å². The number of anilines is 9. The van der Waals surface area contributed by atoms with Gasteiger partial charge in [-0.1, -0.05) is 182 Å². The quantitative estimate of drug-likeness (QED) is 0.144. The van der Waals surface area contributed by atoms with Gasteiger partial charge in [-0.3, -0.25) is 0 Å². The zero-order valence-electron chi connectivity index (χ0n) is 38.2. The van der Waals surface area contributed by atoms with Crippen LogP contribution >= 0.6 is 0 Å². The van der Waals surface area contributed by atoms with Crippen molar-refractivity contribution < 1.29 is 4.42 Å². The standard InChI is InChI=1S/C66H45N3O/c1-4-15-46(16-5-1)48-27-36-54(37-28-48)67(55-38-29-49(30-39-55)47-17-6-2-7-18-47)56-40-31-50(32-41-56)52-35-44-63-64(45-52)69(53-19-8-3-9-20-53)62-25-12-11-24-61(62)68(63)57-42-33-51(34-43-57)58-22-14-23-60-59-21-10-13-26-65(59)70-66(58)60/h1-45H. The van der Waals surface area contributed by atoms with Crippen molar-refractivity contribution >= 4 is 73.1 Å². The molecule has 1 aromatic heterocycles. The van der Waals surface area contributed by atoms with Crippen LogP contribution in [0.25, 0.3) is 66.4 Å². The van der Waals surface area contributed by atoms with Crippen LogP contribution in [0.1, 0.15) is 0 Å². The smallest absolute Gasteiger partial charge is 0.143 e. The average Bonchev–Trinajstić information content (AvgIpc) is 3.83. The maximum absolute atomic E-state index is 6.45. The molecule has 2 heterocycles. The zero-order valence-corrected chi connectivity index (χ0v) is 38.2. The van der Waals surface area contributed by atoms with Crippen molar-refractivity contribution in [1.82, 2.24) is 0 Å². The molecule has 0 fully saturated rings. The van der Waals surface area contributed by atoms with E-state index in [4.69, 9.17) is 4.42 Å². The van der Waals surface area contributed by atoms with Gasteiger partial charge >= 0.3 is 0 Å². The first-order valence-electron chi connectivity index (χ1n) is 23.8. The molecule has 0 saturated heterocycles. The van der Waals surface area contributed by atoms with Crippen LogP contribution in [0.5, 0.6) is 0 Å². The first-order valence-corrected chi connectivity index (χ1v) is 23.8. The summed E-state index contributed by atoms with van der Waals surface area (Å²) >= 11 is 0. The van der Waals surface area contributed by atoms with Crippen LogP contribution in [-0.4, -0.2) is 0 Å². The van der Waals surface area contributed by atoms with Gasteiger partial charge in [-0.15, -0.1) is 0 Å². The minimum atomic E-state index is 0.901. The fraction of sp³-hybridized carbons (Fsp3) is 0. The highest BCUT2D eigenvalue weighted by Gasteiger charge is 2.31. The number of rotatable bonds is 9. The lowest BCUT2D eigenvalue weighted by atomic mass is 9.98. The Labute approximate surface area is 407 Å². The van der Waals surface area contributed by atoms with Crippen molar-refractivity contribution in [1.29, 1.82) is 0 Å². The largest absolute Gasteiger partial charge is 0.455 e. The Morgan fingerprint density at radius 2 is 0.686 bits per heavy atom. The number of benzene rings is 11. The van der Waals surface area contributed by atoms with Gasteiger partial charge in [0.25, 0.3) is 0 Å². The molecular weight excluding hydrogens is 851 g/mol. The van der Waals surface area contributed by atoms with Crippen LogP contribution < -0.4 is 14.7 Å². The molecule has 12 aromatic rings. The molecule has 1 aliphatic rings. The molecule has 0 aliphatic carbocycles. The molecule has 0 bridgehead atoms. The highest BCUT2D eigenvalue weighted by atomic mass is 16.3. The van der Waals surface area contributed by atoms with E-state index >= 15 is 0 Å². The third-order valence-electron chi connectivity index (χ3n) is 13.6. The minimum Gasteiger partial charge on any atom is -0.455 e. The predicted molar refractivity (Wildman–Crippen MR) is 293 cm³/mol. The molecule has 0 atom stereocenters. The second-order valence-corrected chi connectivity index (χ2v) is 17.7. The minimum absolute atomic E-state index is 0.901. The summed E-state index contributed by atoms with van der Waals surface area (Å²) in [5, 5.41) is 2.26. The third kappa shape index (κ3) is 7.27. The Kier molecular flexibility index (Phi) is 10.1. The highest BCUT2D eigenvalue weighted by Crippen LogP contribution is 2.55. The van der Waals surface area contributed by atoms with Crippen LogP contribution in [0.2, 0.25) is 0 Å². The van der Waals surface area contributed by atoms with Crippen LogP contribution in [0, 0.1) is 0 Å². The van der Waals surface area contributed by atoms with E-state index in [1.54, 1.807) is 0 Å². The maximum atomic E-state index is 6.45. The van der Waals surface area contributed by atoms with Crippen molar-refractivity contribution in [2.24, 2.45) is 0 Å². The summed E-state index contributed by atoms with van der Waals surface area (Å²) in [6.45, 7) is 0. The lowest BCUT2D eigenvalue weighted by Crippen LogP contribution is -2.24. The number of hydrogen-bond donors (Lipinski definition) is 0. The monoisotopic (exact) mass is 895 g/mol. The molecule has 0 radical (unpaired) electrons. The van der Waals surface area contributed by atoms with E-state index in [1.165, 1.54) is 22.3 Å². The Bertz CT molecular complexity index is 3710. The van der Waals surface area contributed by atoms with E-state index < -0.39 is 0 Å². The lowest BCUT2D eigenvalue weighted by molar-refractivity contribution is 0.670. The first kappa shape index (κ1) is 40.9. The van der Waals surface area contributed by atoms with Crippen molar-refractivity contribution in [3.63, 3.8) is 0 Å². The molecule has 4 nitrogen and oxygen atoms in total. The van der Waals surface area contributed by atoms with E-state index in [1.807, 2.05) is 12.1 Å². The van der Waals surface area contributed by atoms with Gasteiger partial charge in [-0.25, -0.2) is 0 Å². The Morgan fingerprint density at radius 1 is 0.271 bits per heavy atom. The fourth-order valence-corrected chi connectivity index (χ4v) is 10.2. The number of furan rings is 1. The van der Waals surface area contributed by atoms with Gasteiger partial charge in [0, 0.05) is 44.8 Å². The summed E-state index contributed by atoms with van der Waals surface area (Å²) in [6, 6.07) is 97.8. The van der Waals surface area contributed by atoms with E-state index in [0.29, 0.717) is 0 Å². The van der Waals surface area contributed by atoms with Crippen molar-refractivity contribution in [2.45, 2.75) is 0 Å². The highest BCUT2D eigenvalue weighted by molar-refractivity contribution is 6.10. The molecule has 0 unspecified atom stereocenters. The van der Waals surface area contributed by atoms with E-state index in [-0.39, 0.29) is 0 Å². The maximum Gasteiger partial charge on any atom is 0.143 e. The van der Waals surface area contributed by atoms with Crippen LogP contribution in [0.4, 0.5) is 51.2 Å². The van der Waals surface area contributed by atoms with Gasteiger partial charge in [0.05, 0.1) is 22.7 Å². The Morgan fingerprint density at radius 3 is 1.27 bits per heavy atom. The van der Waals surface area contributed by atoms with Crippen molar-refractivity contribution in [2.75, 3.05) is 14.7 Å². The van der Waals surface area contributed by atoms with Gasteiger partial charge < -0.3 is 19.1 Å². The van der Waals surface area contributed by atoms with Crippen LogP contribution in [0.15, 0.2) is 277 Å². The second kappa shape index (κ2) is 17.4. The summed E-state index contributed by atoms with van der Waals surface area (Å²) < 4.78 is 6.45. The predicted octanol–water partition coefficient (Wildman–Crippen LogP) is 19.0. The number of para-hydroxylation sites is 5. The van der Waals surface area contributed by atoms with Crippen LogP contribution in [-0.2, 0) is 0 Å². The summed E-state index contributed by atoms with van der Waals surface area (Å²) in [5.41, 5.74) is 20.9. The fourth-order valence-electron chi connectivity index (χ4n) is 10.2. The number of hydrogen-bond acceptors (Lipinski definition) is 4. The molecular formula is C66H45N3O. The van der Waals surface area contributed by atoms with E-state index in [2.05, 4.69) is 276 Å². The van der Waals surface area contributed by atoms with Gasteiger partial charge in [0.1, 0.15) is 11.2 Å². The summed E-state index contributed by atoms with van der Waals surface area (Å²) in [5.74, 6) is 0. The second-order valence-electron chi connectivity index (χ2n) is 17.7. The summed E-state index contributed by atoms with van der Waals surface area (Å²) in [4.78, 5) is 7.14. The zero-order chi connectivity index (χ0) is 46.4. The van der Waals surface area contributed by atoms with Crippen molar-refractivity contribution in [3.8, 4) is 44.5 Å². The molecule has 0 N–H and O–H groups in total. The molecule has 1 aliphatic heterocycles. The molecule has 0 spiro atoms. The van der Waals surface area contributed by atoms with Crippen molar-refractivity contribution in [3.05, 3.63) is 273 Å². The average molecular weight is 896 g/mol.